The van der Waals surface area contributed by atoms with Crippen LogP contribution in [0.15, 0.2) is 53.5 Å². The maximum atomic E-state index is 12.1. The summed E-state index contributed by atoms with van der Waals surface area (Å²) in [6, 6.07) is 14.5. The first-order valence-electron chi connectivity index (χ1n) is 9.26. The zero-order valence-electron chi connectivity index (χ0n) is 15.1. The van der Waals surface area contributed by atoms with Crippen LogP contribution in [0.4, 0.5) is 5.82 Å². The van der Waals surface area contributed by atoms with Gasteiger partial charge in [0, 0.05) is 50.0 Å². The van der Waals surface area contributed by atoms with Crippen LogP contribution < -0.4 is 10.5 Å². The third kappa shape index (κ3) is 3.48. The number of anilines is 1. The number of nitrogens with one attached hydrogen (secondary N) is 1. The number of hydrogen-bond acceptors (Lipinski definition) is 4. The van der Waals surface area contributed by atoms with Gasteiger partial charge >= 0.3 is 0 Å². The molecule has 5 nitrogen and oxygen atoms in total. The Morgan fingerprint density at radius 1 is 1.08 bits per heavy atom. The van der Waals surface area contributed by atoms with Gasteiger partial charge in [-0.3, -0.25) is 9.69 Å². The monoisotopic (exact) mass is 348 g/mol. The summed E-state index contributed by atoms with van der Waals surface area (Å²) in [5.74, 6) is 1.06. The molecule has 0 unspecified atom stereocenters. The van der Waals surface area contributed by atoms with Gasteiger partial charge in [0.15, 0.2) is 0 Å². The Morgan fingerprint density at radius 2 is 1.92 bits per heavy atom. The molecule has 0 saturated carbocycles. The van der Waals surface area contributed by atoms with Crippen molar-refractivity contribution in [2.45, 2.75) is 19.9 Å². The zero-order chi connectivity index (χ0) is 17.9. The molecule has 2 aromatic heterocycles. The Hall–Kier alpha value is -2.66. The number of hydrogen-bond donors (Lipinski definition) is 1. The molecule has 0 spiro atoms. The standard InChI is InChI=1S/C21H24N4O/c1-2-17-14-18-7-6-16(13-19(18)23-21(17)26)15-24-9-11-25(12-10-24)20-5-3-4-8-22-20/h3-8,13-14H,2,9-12,15H2,1H3,(H,23,26). The molecule has 5 heteroatoms. The highest BCUT2D eigenvalue weighted by atomic mass is 16.1. The third-order valence-corrected chi connectivity index (χ3v) is 5.12. The van der Waals surface area contributed by atoms with E-state index in [1.54, 1.807) is 0 Å². The minimum atomic E-state index is 0.0288. The van der Waals surface area contributed by atoms with Crippen LogP contribution in [0, 0.1) is 0 Å². The first-order valence-corrected chi connectivity index (χ1v) is 9.26. The van der Waals surface area contributed by atoms with E-state index < -0.39 is 0 Å². The van der Waals surface area contributed by atoms with E-state index in [0.717, 1.165) is 61.4 Å². The van der Waals surface area contributed by atoms with Gasteiger partial charge in [-0.25, -0.2) is 4.98 Å². The molecule has 4 rings (SSSR count). The summed E-state index contributed by atoms with van der Waals surface area (Å²) >= 11 is 0. The lowest BCUT2D eigenvalue weighted by Crippen LogP contribution is -2.46. The second kappa shape index (κ2) is 7.30. The van der Waals surface area contributed by atoms with Gasteiger partial charge in [-0.1, -0.05) is 25.1 Å². The Kier molecular flexibility index (Phi) is 4.71. The molecular weight excluding hydrogens is 324 g/mol. The summed E-state index contributed by atoms with van der Waals surface area (Å²) in [5, 5.41) is 1.10. The lowest BCUT2D eigenvalue weighted by molar-refractivity contribution is 0.249. The predicted molar refractivity (Wildman–Crippen MR) is 106 cm³/mol. The molecular formula is C21H24N4O. The lowest BCUT2D eigenvalue weighted by atomic mass is 10.1. The molecule has 0 radical (unpaired) electrons. The van der Waals surface area contributed by atoms with E-state index >= 15 is 0 Å². The van der Waals surface area contributed by atoms with E-state index in [1.807, 2.05) is 31.3 Å². The fraction of sp³-hybridized carbons (Fsp3) is 0.333. The summed E-state index contributed by atoms with van der Waals surface area (Å²) in [6.07, 6.45) is 2.61. The molecule has 134 valence electrons. The molecule has 3 heterocycles. The van der Waals surface area contributed by atoms with Gasteiger partial charge in [0.2, 0.25) is 0 Å². The van der Waals surface area contributed by atoms with E-state index in [9.17, 15) is 4.79 Å². The first-order chi connectivity index (χ1) is 12.7. The molecule has 26 heavy (non-hydrogen) atoms. The molecule has 1 aliphatic rings. The Morgan fingerprint density at radius 3 is 2.65 bits per heavy atom. The molecule has 0 atom stereocenters. The number of benzene rings is 1. The summed E-state index contributed by atoms with van der Waals surface area (Å²) in [5.41, 5.74) is 3.04. The van der Waals surface area contributed by atoms with Crippen LogP contribution >= 0.6 is 0 Å². The maximum Gasteiger partial charge on any atom is 0.251 e. The van der Waals surface area contributed by atoms with Crippen LogP contribution in [0.3, 0.4) is 0 Å². The molecule has 0 bridgehead atoms. The van der Waals surface area contributed by atoms with Crippen molar-refractivity contribution in [2.75, 3.05) is 31.1 Å². The molecule has 1 N–H and O–H groups in total. The van der Waals surface area contributed by atoms with Crippen molar-refractivity contribution in [3.05, 3.63) is 70.1 Å². The summed E-state index contributed by atoms with van der Waals surface area (Å²) < 4.78 is 0. The van der Waals surface area contributed by atoms with Crippen molar-refractivity contribution in [3.63, 3.8) is 0 Å². The van der Waals surface area contributed by atoms with E-state index in [1.165, 1.54) is 5.56 Å². The van der Waals surface area contributed by atoms with Crippen LogP contribution in [0.25, 0.3) is 10.9 Å². The van der Waals surface area contributed by atoms with Gasteiger partial charge in [0.25, 0.3) is 5.56 Å². The van der Waals surface area contributed by atoms with Crippen molar-refractivity contribution in [1.82, 2.24) is 14.9 Å². The van der Waals surface area contributed by atoms with Crippen LogP contribution in [-0.4, -0.2) is 41.0 Å². The molecule has 0 amide bonds. The second-order valence-electron chi connectivity index (χ2n) is 6.85. The SMILES string of the molecule is CCc1cc2ccc(CN3CCN(c4ccccn4)CC3)cc2[nH]c1=O. The summed E-state index contributed by atoms with van der Waals surface area (Å²) in [7, 11) is 0. The van der Waals surface area contributed by atoms with E-state index in [0.29, 0.717) is 0 Å². The Labute approximate surface area is 153 Å². The largest absolute Gasteiger partial charge is 0.354 e. The van der Waals surface area contributed by atoms with Crippen molar-refractivity contribution >= 4 is 16.7 Å². The van der Waals surface area contributed by atoms with E-state index in [4.69, 9.17) is 0 Å². The highest BCUT2D eigenvalue weighted by Gasteiger charge is 2.18. The van der Waals surface area contributed by atoms with Gasteiger partial charge in [0.05, 0.1) is 0 Å². The van der Waals surface area contributed by atoms with Gasteiger partial charge in [-0.15, -0.1) is 0 Å². The van der Waals surface area contributed by atoms with Crippen LogP contribution in [0.5, 0.6) is 0 Å². The smallest absolute Gasteiger partial charge is 0.251 e. The van der Waals surface area contributed by atoms with Crippen molar-refractivity contribution in [1.29, 1.82) is 0 Å². The lowest BCUT2D eigenvalue weighted by Gasteiger charge is -2.35. The highest BCUT2D eigenvalue weighted by molar-refractivity contribution is 5.79. The average molecular weight is 348 g/mol. The molecule has 0 aliphatic carbocycles. The zero-order valence-corrected chi connectivity index (χ0v) is 15.1. The number of pyridine rings is 2. The quantitative estimate of drug-likeness (QED) is 0.788. The van der Waals surface area contributed by atoms with Gasteiger partial charge in [0.1, 0.15) is 5.82 Å². The molecule has 1 saturated heterocycles. The summed E-state index contributed by atoms with van der Waals surface area (Å²) in [4.78, 5) is 24.3. The normalized spacial score (nSPS) is 15.5. The Balaban J connectivity index is 1.44. The number of fused-ring (bicyclic) bond motifs is 1. The number of H-pyrrole nitrogens is 1. The van der Waals surface area contributed by atoms with E-state index in [2.05, 4.69) is 44.0 Å². The van der Waals surface area contributed by atoms with E-state index in [-0.39, 0.29) is 5.56 Å². The minimum absolute atomic E-state index is 0.0288. The number of aromatic nitrogens is 2. The van der Waals surface area contributed by atoms with Crippen LogP contribution in [0.1, 0.15) is 18.1 Å². The number of aryl methyl sites for hydroxylation is 1. The van der Waals surface area contributed by atoms with Gasteiger partial charge in [-0.2, -0.15) is 0 Å². The number of piperazine rings is 1. The average Bonchev–Trinajstić information content (AvgIpc) is 2.69. The van der Waals surface area contributed by atoms with Crippen molar-refractivity contribution in [2.24, 2.45) is 0 Å². The van der Waals surface area contributed by atoms with Crippen LogP contribution in [-0.2, 0) is 13.0 Å². The highest BCUT2D eigenvalue weighted by Crippen LogP contribution is 2.17. The summed E-state index contributed by atoms with van der Waals surface area (Å²) in [6.45, 7) is 6.92. The number of aromatic amines is 1. The van der Waals surface area contributed by atoms with Gasteiger partial charge in [-0.05, 0) is 41.6 Å². The number of nitrogens with zero attached hydrogens (tertiary/aromatic N) is 3. The maximum absolute atomic E-state index is 12.1. The fourth-order valence-corrected chi connectivity index (χ4v) is 3.59. The molecule has 1 fully saturated rings. The second-order valence-corrected chi connectivity index (χ2v) is 6.85. The molecule has 1 aromatic carbocycles. The fourth-order valence-electron chi connectivity index (χ4n) is 3.59. The minimum Gasteiger partial charge on any atom is -0.354 e. The van der Waals surface area contributed by atoms with Crippen LogP contribution in [0.2, 0.25) is 0 Å². The Bertz CT molecular complexity index is 943. The topological polar surface area (TPSA) is 52.2 Å². The number of rotatable bonds is 4. The molecule has 1 aliphatic heterocycles. The van der Waals surface area contributed by atoms with Crippen molar-refractivity contribution < 1.29 is 0 Å². The first kappa shape index (κ1) is 16.8. The van der Waals surface area contributed by atoms with Gasteiger partial charge < -0.3 is 9.88 Å². The predicted octanol–water partition coefficient (Wildman–Crippen LogP) is 2.81. The van der Waals surface area contributed by atoms with Crippen molar-refractivity contribution in [3.8, 4) is 0 Å². The third-order valence-electron chi connectivity index (χ3n) is 5.12. The molecule has 3 aromatic rings.